The molecule has 0 fully saturated rings. The van der Waals surface area contributed by atoms with Gasteiger partial charge in [0, 0.05) is 50.0 Å². The Bertz CT molecular complexity index is 2600. The summed E-state index contributed by atoms with van der Waals surface area (Å²) in [6, 6.07) is 55.6. The highest BCUT2D eigenvalue weighted by Crippen LogP contribution is 2.49. The van der Waals surface area contributed by atoms with Crippen molar-refractivity contribution in [2.75, 3.05) is 9.80 Å². The lowest BCUT2D eigenvalue weighted by Gasteiger charge is -2.26. The van der Waals surface area contributed by atoms with Gasteiger partial charge in [-0.3, -0.25) is 0 Å². The summed E-state index contributed by atoms with van der Waals surface area (Å²) < 4.78 is 72.2. The fourth-order valence-electron chi connectivity index (χ4n) is 6.39. The zero-order valence-electron chi connectivity index (χ0n) is 27.8. The van der Waals surface area contributed by atoms with Gasteiger partial charge in [0.15, 0.2) is 0 Å². The molecule has 53 heavy (non-hydrogen) atoms. The molecule has 0 saturated carbocycles. The Morgan fingerprint density at radius 3 is 1.51 bits per heavy atom. The molecule has 0 atom stereocenters. The fraction of sp³-hybridized carbons (Fsp3) is 0.0233. The number of anilines is 6. The van der Waals surface area contributed by atoms with Gasteiger partial charge < -0.3 is 14.0 Å². The third-order valence-electron chi connectivity index (χ3n) is 8.77. The number of hydrogen-bond acceptors (Lipinski definition) is 6. The third-order valence-corrected chi connectivity index (χ3v) is 11.0. The van der Waals surface area contributed by atoms with E-state index in [4.69, 9.17) is 4.18 Å². The maximum absolute atomic E-state index is 13.7. The summed E-state index contributed by atoms with van der Waals surface area (Å²) in [7, 11) is -5.97. The standard InChI is InChI=1S/C43H29F3N2O3S2/c44-43(45,46)53(49,50)51-37-28-39-38-27-36(47(32-15-7-2-8-16-32)35-23-21-31(22-24-35)30-13-5-1-6-14-30)25-26-41(38)52-42(39)40(29-37)48(33-17-9-3-10-18-33)34-19-11-4-12-20-34/h1-29H. The SMILES string of the molecule is O=S(=O)(Oc1cc(N(c2ccccc2)c2ccccc2)c2sc3ccc(N(c4ccccc4)c4ccc(-c5ccccc5)cc4)cc3c2c1)C(F)(F)F. The van der Waals surface area contributed by atoms with Crippen molar-refractivity contribution in [1.82, 2.24) is 0 Å². The predicted molar refractivity (Wildman–Crippen MR) is 210 cm³/mol. The summed E-state index contributed by atoms with van der Waals surface area (Å²) in [5, 5.41) is 1.27. The van der Waals surface area contributed by atoms with E-state index in [9.17, 15) is 21.6 Å². The van der Waals surface area contributed by atoms with Crippen molar-refractivity contribution < 1.29 is 25.8 Å². The first kappa shape index (κ1) is 34.0. The van der Waals surface area contributed by atoms with Crippen LogP contribution in [-0.4, -0.2) is 13.9 Å². The molecule has 0 spiro atoms. The normalized spacial score (nSPS) is 11.8. The molecule has 0 amide bonds. The number of halogens is 3. The van der Waals surface area contributed by atoms with Gasteiger partial charge in [-0.25, -0.2) is 0 Å². The summed E-state index contributed by atoms with van der Waals surface area (Å²) in [6.07, 6.45) is 0. The molecule has 8 rings (SSSR count). The minimum Gasteiger partial charge on any atom is -0.376 e. The van der Waals surface area contributed by atoms with Crippen molar-refractivity contribution in [3.63, 3.8) is 0 Å². The van der Waals surface area contributed by atoms with Crippen molar-refractivity contribution >= 4 is 75.8 Å². The molecule has 7 aromatic carbocycles. The maximum atomic E-state index is 13.7. The molecule has 1 aromatic heterocycles. The lowest BCUT2D eigenvalue weighted by atomic mass is 10.0. The number of alkyl halides is 3. The van der Waals surface area contributed by atoms with Crippen LogP contribution in [0.1, 0.15) is 0 Å². The molecule has 0 N–H and O–H groups in total. The number of fused-ring (bicyclic) bond motifs is 3. The van der Waals surface area contributed by atoms with Crippen LogP contribution in [0.4, 0.5) is 47.3 Å². The van der Waals surface area contributed by atoms with Crippen LogP contribution in [0.15, 0.2) is 176 Å². The molecule has 0 aliphatic heterocycles. The second kappa shape index (κ2) is 13.8. The zero-order chi connectivity index (χ0) is 36.6. The Morgan fingerprint density at radius 2 is 0.962 bits per heavy atom. The topological polar surface area (TPSA) is 49.9 Å². The van der Waals surface area contributed by atoms with E-state index >= 15 is 0 Å². The molecule has 0 unspecified atom stereocenters. The van der Waals surface area contributed by atoms with Gasteiger partial charge in [-0.2, -0.15) is 21.6 Å². The largest absolute Gasteiger partial charge is 0.534 e. The van der Waals surface area contributed by atoms with E-state index in [1.54, 1.807) is 0 Å². The van der Waals surface area contributed by atoms with Crippen LogP contribution in [0.25, 0.3) is 31.3 Å². The van der Waals surface area contributed by atoms with Gasteiger partial charge in [0.2, 0.25) is 0 Å². The number of benzene rings is 7. The highest BCUT2D eigenvalue weighted by molar-refractivity contribution is 7.88. The van der Waals surface area contributed by atoms with E-state index in [1.165, 1.54) is 23.5 Å². The Kier molecular flexibility index (Phi) is 8.85. The molecule has 5 nitrogen and oxygen atoms in total. The first-order valence-electron chi connectivity index (χ1n) is 16.6. The average molecular weight is 743 g/mol. The summed E-state index contributed by atoms with van der Waals surface area (Å²) in [6.45, 7) is 0. The lowest BCUT2D eigenvalue weighted by Crippen LogP contribution is -2.28. The van der Waals surface area contributed by atoms with Gasteiger partial charge in [-0.1, -0.05) is 97.1 Å². The molecule has 0 radical (unpaired) electrons. The van der Waals surface area contributed by atoms with Gasteiger partial charge in [0.25, 0.3) is 0 Å². The van der Waals surface area contributed by atoms with Gasteiger partial charge in [-0.15, -0.1) is 11.3 Å². The molecule has 10 heteroatoms. The highest BCUT2D eigenvalue weighted by atomic mass is 32.2. The molecule has 0 aliphatic carbocycles. The Balaban J connectivity index is 1.34. The van der Waals surface area contributed by atoms with Gasteiger partial charge in [0.05, 0.1) is 10.4 Å². The second-order valence-electron chi connectivity index (χ2n) is 12.2. The summed E-state index contributed by atoms with van der Waals surface area (Å²) in [5.74, 6) is -0.455. The van der Waals surface area contributed by atoms with Crippen LogP contribution < -0.4 is 14.0 Å². The molecule has 262 valence electrons. The molecular formula is C43H29F3N2O3S2. The molecule has 0 bridgehead atoms. The maximum Gasteiger partial charge on any atom is 0.534 e. The van der Waals surface area contributed by atoms with E-state index in [1.807, 2.05) is 132 Å². The molecule has 1 heterocycles. The molecule has 0 saturated heterocycles. The molecule has 0 aliphatic rings. The van der Waals surface area contributed by atoms with E-state index in [0.29, 0.717) is 11.1 Å². The number of thiophene rings is 1. The smallest absolute Gasteiger partial charge is 0.376 e. The Labute approximate surface area is 308 Å². The van der Waals surface area contributed by atoms with Crippen LogP contribution in [0.3, 0.4) is 0 Å². The average Bonchev–Trinajstić information content (AvgIpc) is 3.54. The highest BCUT2D eigenvalue weighted by Gasteiger charge is 2.48. The monoisotopic (exact) mass is 742 g/mol. The second-order valence-corrected chi connectivity index (χ2v) is 14.8. The van der Waals surface area contributed by atoms with Gasteiger partial charge in [-0.05, 0) is 83.9 Å². The predicted octanol–water partition coefficient (Wildman–Crippen LogP) is 12.9. The zero-order valence-corrected chi connectivity index (χ0v) is 29.4. The van der Waals surface area contributed by atoms with Gasteiger partial charge in [0.1, 0.15) is 5.75 Å². The number of nitrogens with zero attached hydrogens (tertiary/aromatic N) is 2. The molecule has 8 aromatic rings. The van der Waals surface area contributed by atoms with Crippen LogP contribution in [0.5, 0.6) is 5.75 Å². The van der Waals surface area contributed by atoms with Crippen LogP contribution in [-0.2, 0) is 10.1 Å². The van der Waals surface area contributed by atoms with E-state index < -0.39 is 21.4 Å². The summed E-state index contributed by atoms with van der Waals surface area (Å²) >= 11 is 1.46. The quantitative estimate of drug-likeness (QED) is 0.109. The minimum atomic E-state index is -5.97. The van der Waals surface area contributed by atoms with Crippen molar-refractivity contribution in [3.05, 3.63) is 176 Å². The third kappa shape index (κ3) is 6.70. The summed E-state index contributed by atoms with van der Waals surface area (Å²) in [4.78, 5) is 3.99. The van der Waals surface area contributed by atoms with Crippen molar-refractivity contribution in [2.24, 2.45) is 0 Å². The Hall–Kier alpha value is -6.10. The van der Waals surface area contributed by atoms with Crippen LogP contribution >= 0.6 is 11.3 Å². The van der Waals surface area contributed by atoms with Gasteiger partial charge >= 0.3 is 15.6 Å². The van der Waals surface area contributed by atoms with Crippen LogP contribution in [0.2, 0.25) is 0 Å². The number of para-hydroxylation sites is 3. The summed E-state index contributed by atoms with van der Waals surface area (Å²) in [5.41, 5.74) is 1.06. The van der Waals surface area contributed by atoms with Crippen molar-refractivity contribution in [1.29, 1.82) is 0 Å². The first-order valence-corrected chi connectivity index (χ1v) is 18.8. The molecular weight excluding hydrogens is 714 g/mol. The van der Waals surface area contributed by atoms with E-state index in [-0.39, 0.29) is 0 Å². The van der Waals surface area contributed by atoms with Crippen LogP contribution in [0, 0.1) is 0 Å². The number of hydrogen-bond donors (Lipinski definition) is 0. The Morgan fingerprint density at radius 1 is 0.491 bits per heavy atom. The van der Waals surface area contributed by atoms with E-state index in [0.717, 1.165) is 54.3 Å². The fourth-order valence-corrected chi connectivity index (χ4v) is 8.00. The van der Waals surface area contributed by atoms with Crippen molar-refractivity contribution in [2.45, 2.75) is 5.51 Å². The first-order chi connectivity index (χ1) is 25.7. The lowest BCUT2D eigenvalue weighted by molar-refractivity contribution is -0.0500. The van der Waals surface area contributed by atoms with Crippen molar-refractivity contribution in [3.8, 4) is 16.9 Å². The van der Waals surface area contributed by atoms with E-state index in [2.05, 4.69) is 41.3 Å². The minimum absolute atomic E-state index is 0.455. The number of rotatable bonds is 9.